The van der Waals surface area contributed by atoms with Crippen molar-refractivity contribution < 1.29 is 0 Å². The Morgan fingerprint density at radius 3 is 2.79 bits per heavy atom. The van der Waals surface area contributed by atoms with Crippen LogP contribution in [0.25, 0.3) is 0 Å². The van der Waals surface area contributed by atoms with Gasteiger partial charge in [-0.15, -0.1) is 11.3 Å². The number of thioether (sulfide) groups is 1. The summed E-state index contributed by atoms with van der Waals surface area (Å²) in [6.45, 7) is 2.40. The number of aryl methyl sites for hydroxylation is 2. The van der Waals surface area contributed by atoms with Gasteiger partial charge in [-0.2, -0.15) is 11.8 Å². The third kappa shape index (κ3) is 2.16. The van der Waals surface area contributed by atoms with E-state index in [2.05, 4.69) is 24.0 Å². The minimum absolute atomic E-state index is 0.188. The third-order valence-electron chi connectivity index (χ3n) is 4.82. The number of rotatable bonds is 3. The number of thiazole rings is 1. The predicted octanol–water partition coefficient (Wildman–Crippen LogP) is 3.49. The molecule has 1 N–H and O–H groups in total. The Morgan fingerprint density at radius 1 is 1.26 bits per heavy atom. The normalized spacial score (nSPS) is 34.5. The largest absolute Gasteiger partial charge is 0.302 e. The fourth-order valence-corrected chi connectivity index (χ4v) is 6.28. The van der Waals surface area contributed by atoms with Crippen molar-refractivity contribution in [3.63, 3.8) is 0 Å². The van der Waals surface area contributed by atoms with E-state index in [0.717, 1.165) is 6.04 Å². The maximum absolute atomic E-state index is 5.08. The first-order valence-electron chi connectivity index (χ1n) is 7.66. The van der Waals surface area contributed by atoms with E-state index in [0.29, 0.717) is 5.25 Å². The summed E-state index contributed by atoms with van der Waals surface area (Å²) < 4.78 is 0. The molecule has 2 fully saturated rings. The molecule has 0 spiro atoms. The predicted molar refractivity (Wildman–Crippen MR) is 83.1 cm³/mol. The van der Waals surface area contributed by atoms with Gasteiger partial charge in [0.2, 0.25) is 0 Å². The first-order valence-corrected chi connectivity index (χ1v) is 9.53. The highest BCUT2D eigenvalue weighted by atomic mass is 32.2. The van der Waals surface area contributed by atoms with Gasteiger partial charge in [0.15, 0.2) is 0 Å². The van der Waals surface area contributed by atoms with E-state index in [9.17, 15) is 0 Å². The second-order valence-corrected chi connectivity index (χ2v) is 8.78. The van der Waals surface area contributed by atoms with Crippen LogP contribution in [-0.4, -0.2) is 22.0 Å². The van der Waals surface area contributed by atoms with E-state index >= 15 is 0 Å². The molecule has 19 heavy (non-hydrogen) atoms. The summed E-state index contributed by atoms with van der Waals surface area (Å²) in [7, 11) is 0. The maximum Gasteiger partial charge on any atom is 0.114 e. The molecular weight excluding hydrogens is 272 g/mol. The topological polar surface area (TPSA) is 24.9 Å². The minimum Gasteiger partial charge on any atom is -0.302 e. The number of nitrogens with one attached hydrogen (secondary N) is 1. The summed E-state index contributed by atoms with van der Waals surface area (Å²) in [6.07, 6.45) is 9.18. The summed E-state index contributed by atoms with van der Waals surface area (Å²) >= 11 is 4.14. The van der Waals surface area contributed by atoms with Crippen LogP contribution in [0.4, 0.5) is 0 Å². The Hall–Kier alpha value is -0.0600. The second kappa shape index (κ2) is 4.74. The van der Waals surface area contributed by atoms with E-state index < -0.39 is 0 Å². The zero-order valence-corrected chi connectivity index (χ0v) is 13.2. The quantitative estimate of drug-likeness (QED) is 0.923. The lowest BCUT2D eigenvalue weighted by molar-refractivity contribution is 0.328. The van der Waals surface area contributed by atoms with Gasteiger partial charge in [-0.05, 0) is 50.7 Å². The number of hydrogen-bond donors (Lipinski definition) is 1. The molecule has 0 amide bonds. The third-order valence-corrected chi connectivity index (χ3v) is 7.50. The van der Waals surface area contributed by atoms with Gasteiger partial charge >= 0.3 is 0 Å². The van der Waals surface area contributed by atoms with E-state index in [1.54, 1.807) is 4.88 Å². The SMILES string of the molecule is CC1SCCC1(NC1CC1)c1nc2c(s1)CCCC2. The van der Waals surface area contributed by atoms with Crippen LogP contribution in [0.1, 0.15) is 54.6 Å². The molecule has 2 nitrogen and oxygen atoms in total. The van der Waals surface area contributed by atoms with Gasteiger partial charge in [0, 0.05) is 16.2 Å². The average Bonchev–Trinajstić information content (AvgIpc) is 2.99. The molecule has 1 aromatic heterocycles. The molecule has 0 radical (unpaired) electrons. The Bertz CT molecular complexity index is 457. The fourth-order valence-electron chi connectivity index (χ4n) is 3.41. The first kappa shape index (κ1) is 12.7. The van der Waals surface area contributed by atoms with Gasteiger partial charge in [-0.3, -0.25) is 0 Å². The van der Waals surface area contributed by atoms with Crippen LogP contribution in [0.15, 0.2) is 0 Å². The standard InChI is InChI=1S/C15H22N2S2/c1-10-15(8-9-18-10,17-11-6-7-11)14-16-12-4-2-3-5-13(12)19-14/h10-11,17H,2-9H2,1H3. The monoisotopic (exact) mass is 294 g/mol. The lowest BCUT2D eigenvalue weighted by Crippen LogP contribution is -2.47. The molecule has 0 aromatic carbocycles. The summed E-state index contributed by atoms with van der Waals surface area (Å²) in [5.41, 5.74) is 1.61. The number of nitrogens with zero attached hydrogens (tertiary/aromatic N) is 1. The summed E-state index contributed by atoms with van der Waals surface area (Å²) in [5, 5.41) is 6.04. The molecular formula is C15H22N2S2. The molecule has 104 valence electrons. The molecule has 3 aliphatic rings. The van der Waals surface area contributed by atoms with Gasteiger partial charge in [0.25, 0.3) is 0 Å². The maximum atomic E-state index is 5.08. The van der Waals surface area contributed by atoms with E-state index in [4.69, 9.17) is 4.98 Å². The van der Waals surface area contributed by atoms with Gasteiger partial charge in [-0.1, -0.05) is 6.92 Å². The molecule has 1 aromatic rings. The van der Waals surface area contributed by atoms with Crippen molar-refractivity contribution in [3.05, 3.63) is 15.6 Å². The summed E-state index contributed by atoms with van der Waals surface area (Å²) in [4.78, 5) is 6.66. The summed E-state index contributed by atoms with van der Waals surface area (Å²) in [5.74, 6) is 1.28. The minimum atomic E-state index is 0.188. The molecule has 2 heterocycles. The molecule has 1 aliphatic heterocycles. The van der Waals surface area contributed by atoms with Gasteiger partial charge in [0.05, 0.1) is 11.2 Å². The van der Waals surface area contributed by atoms with Crippen LogP contribution in [0.2, 0.25) is 0 Å². The molecule has 2 unspecified atom stereocenters. The average molecular weight is 294 g/mol. The molecule has 2 aliphatic carbocycles. The van der Waals surface area contributed by atoms with Crippen molar-refractivity contribution in [2.75, 3.05) is 5.75 Å². The first-order chi connectivity index (χ1) is 9.28. The Labute approximate surface area is 123 Å². The van der Waals surface area contributed by atoms with E-state index in [-0.39, 0.29) is 5.54 Å². The molecule has 4 heteroatoms. The number of aromatic nitrogens is 1. The van der Waals surface area contributed by atoms with Crippen LogP contribution in [-0.2, 0) is 18.4 Å². The van der Waals surface area contributed by atoms with Crippen molar-refractivity contribution in [2.45, 2.75) is 68.7 Å². The van der Waals surface area contributed by atoms with Gasteiger partial charge < -0.3 is 5.32 Å². The van der Waals surface area contributed by atoms with Crippen LogP contribution in [0.3, 0.4) is 0 Å². The second-order valence-electron chi connectivity index (χ2n) is 6.25. The smallest absolute Gasteiger partial charge is 0.114 e. The molecule has 1 saturated heterocycles. The fraction of sp³-hybridized carbons (Fsp3) is 0.800. The Kier molecular flexibility index (Phi) is 3.16. The van der Waals surface area contributed by atoms with E-state index in [1.165, 1.54) is 61.4 Å². The lowest BCUT2D eigenvalue weighted by atomic mass is 9.93. The molecule has 0 bridgehead atoms. The zero-order valence-electron chi connectivity index (χ0n) is 11.6. The van der Waals surface area contributed by atoms with Crippen molar-refractivity contribution >= 4 is 23.1 Å². The molecule has 4 rings (SSSR count). The van der Waals surface area contributed by atoms with Crippen LogP contribution in [0, 0.1) is 0 Å². The van der Waals surface area contributed by atoms with Gasteiger partial charge in [-0.25, -0.2) is 4.98 Å². The molecule has 2 atom stereocenters. The Balaban J connectivity index is 1.71. The van der Waals surface area contributed by atoms with Crippen molar-refractivity contribution in [1.82, 2.24) is 10.3 Å². The summed E-state index contributed by atoms with van der Waals surface area (Å²) in [6, 6.07) is 0.766. The number of fused-ring (bicyclic) bond motifs is 1. The van der Waals surface area contributed by atoms with Crippen molar-refractivity contribution in [3.8, 4) is 0 Å². The highest BCUT2D eigenvalue weighted by molar-refractivity contribution is 8.00. The van der Waals surface area contributed by atoms with E-state index in [1.807, 2.05) is 11.3 Å². The van der Waals surface area contributed by atoms with Gasteiger partial charge in [0.1, 0.15) is 5.01 Å². The zero-order chi connectivity index (χ0) is 12.9. The highest BCUT2D eigenvalue weighted by Crippen LogP contribution is 2.47. The van der Waals surface area contributed by atoms with Crippen molar-refractivity contribution in [2.24, 2.45) is 0 Å². The van der Waals surface area contributed by atoms with Crippen molar-refractivity contribution in [1.29, 1.82) is 0 Å². The highest BCUT2D eigenvalue weighted by Gasteiger charge is 2.47. The van der Waals surface area contributed by atoms with Crippen LogP contribution < -0.4 is 5.32 Å². The Morgan fingerprint density at radius 2 is 2.11 bits per heavy atom. The van der Waals surface area contributed by atoms with Crippen LogP contribution in [0.5, 0.6) is 0 Å². The van der Waals surface area contributed by atoms with Crippen LogP contribution >= 0.6 is 23.1 Å². The number of hydrogen-bond acceptors (Lipinski definition) is 4. The lowest BCUT2D eigenvalue weighted by Gasteiger charge is -2.32. The molecule has 1 saturated carbocycles.